The molecule has 9 nitrogen and oxygen atoms in total. The van der Waals surface area contributed by atoms with Crippen molar-refractivity contribution in [2.24, 2.45) is 0 Å². The molecule has 2 aromatic heterocycles. The lowest BCUT2D eigenvalue weighted by molar-refractivity contribution is -0.164. The predicted molar refractivity (Wildman–Crippen MR) is 193 cm³/mol. The molecular weight excluding hydrogens is 616 g/mol. The van der Waals surface area contributed by atoms with Crippen LogP contribution in [-0.4, -0.2) is 64.7 Å². The van der Waals surface area contributed by atoms with Crippen LogP contribution in [0.15, 0.2) is 60.7 Å². The number of hydrogen-bond acceptors (Lipinski definition) is 8. The number of carbonyl (C=O) groups excluding carboxylic acids is 1. The number of piperidine rings is 1. The standard InChI is InChI=1S/C40H50N4O5/c1-9-28-16-17-33-31(23-28)29-14-12-15-30(24-29)32-25-34-41-27(3)35(36(38(45)46-8)49-39(4,5)6)37(44(34)42-32)43-20-18-40(7,19-21-43)47-22-11-10-13-26(2)48-33/h10-12,14-17,23-26,36H,9,13,18-22H2,1-8H3/b11-10+/t26-,36-/m0/s1. The molecule has 49 heavy (non-hydrogen) atoms. The minimum Gasteiger partial charge on any atom is -0.490 e. The van der Waals surface area contributed by atoms with Crippen LogP contribution in [0.5, 0.6) is 5.75 Å². The largest absolute Gasteiger partial charge is 0.490 e. The van der Waals surface area contributed by atoms with Gasteiger partial charge < -0.3 is 23.8 Å². The zero-order chi connectivity index (χ0) is 34.9. The summed E-state index contributed by atoms with van der Waals surface area (Å²) in [4.78, 5) is 20.7. The molecule has 0 N–H and O–H groups in total. The quantitative estimate of drug-likeness (QED) is 0.160. The van der Waals surface area contributed by atoms with E-state index in [-0.39, 0.29) is 11.7 Å². The van der Waals surface area contributed by atoms with Crippen LogP contribution in [0.2, 0.25) is 0 Å². The van der Waals surface area contributed by atoms with Gasteiger partial charge in [0, 0.05) is 42.4 Å². The summed E-state index contributed by atoms with van der Waals surface area (Å²) in [6, 6.07) is 16.9. The highest BCUT2D eigenvalue weighted by Gasteiger charge is 2.38. The van der Waals surface area contributed by atoms with Gasteiger partial charge in [-0.3, -0.25) is 0 Å². The third-order valence-corrected chi connectivity index (χ3v) is 9.49. The van der Waals surface area contributed by atoms with Crippen LogP contribution in [0, 0.1) is 6.92 Å². The molecule has 0 aliphatic carbocycles. The van der Waals surface area contributed by atoms with Crippen molar-refractivity contribution in [3.63, 3.8) is 0 Å². The maximum atomic E-state index is 13.4. The number of methoxy groups -OCH3 is 1. The molecule has 3 aliphatic rings. The molecule has 0 unspecified atom stereocenters. The third kappa shape index (κ3) is 7.53. The Hall–Kier alpha value is -4.21. The van der Waals surface area contributed by atoms with Gasteiger partial charge in [0.1, 0.15) is 11.6 Å². The molecule has 5 heterocycles. The molecule has 0 radical (unpaired) electrons. The second-order valence-electron chi connectivity index (χ2n) is 14.5. The molecule has 6 bridgehead atoms. The Morgan fingerprint density at radius 3 is 2.55 bits per heavy atom. The number of benzene rings is 2. The van der Waals surface area contributed by atoms with Crippen LogP contribution in [0.25, 0.3) is 28.0 Å². The van der Waals surface area contributed by atoms with Crippen molar-refractivity contribution < 1.29 is 23.7 Å². The minimum atomic E-state index is -0.986. The van der Waals surface area contributed by atoms with Crippen molar-refractivity contribution >= 4 is 17.4 Å². The Labute approximate surface area is 290 Å². The Bertz CT molecular complexity index is 1850. The highest BCUT2D eigenvalue weighted by molar-refractivity contribution is 5.81. The van der Waals surface area contributed by atoms with Crippen molar-refractivity contribution in [2.45, 2.75) is 97.6 Å². The maximum Gasteiger partial charge on any atom is 0.339 e. The van der Waals surface area contributed by atoms with E-state index >= 15 is 0 Å². The van der Waals surface area contributed by atoms with Crippen LogP contribution in [0.4, 0.5) is 5.82 Å². The zero-order valence-electron chi connectivity index (χ0n) is 30.2. The van der Waals surface area contributed by atoms with Gasteiger partial charge >= 0.3 is 5.97 Å². The van der Waals surface area contributed by atoms with Crippen molar-refractivity contribution in [2.75, 3.05) is 31.7 Å². The van der Waals surface area contributed by atoms with Gasteiger partial charge in [-0.15, -0.1) is 0 Å². The van der Waals surface area contributed by atoms with Gasteiger partial charge in [-0.05, 0) is 90.1 Å². The maximum absolute atomic E-state index is 13.4. The Morgan fingerprint density at radius 2 is 1.84 bits per heavy atom. The second kappa shape index (κ2) is 14.0. The Balaban J connectivity index is 1.55. The highest BCUT2D eigenvalue weighted by atomic mass is 16.6. The smallest absolute Gasteiger partial charge is 0.339 e. The first-order chi connectivity index (χ1) is 23.4. The number of anilines is 1. The van der Waals surface area contributed by atoms with Crippen LogP contribution >= 0.6 is 0 Å². The molecule has 7 rings (SSSR count). The fourth-order valence-electron chi connectivity index (χ4n) is 6.73. The molecule has 4 aromatic rings. The normalized spacial score (nSPS) is 21.2. The molecule has 0 saturated carbocycles. The van der Waals surface area contributed by atoms with Gasteiger partial charge in [0.2, 0.25) is 0 Å². The van der Waals surface area contributed by atoms with E-state index in [4.69, 9.17) is 29.0 Å². The zero-order valence-corrected chi connectivity index (χ0v) is 30.2. The number of carbonyl (C=O) groups is 1. The fourth-order valence-corrected chi connectivity index (χ4v) is 6.73. The third-order valence-electron chi connectivity index (χ3n) is 9.49. The lowest BCUT2D eigenvalue weighted by atomic mass is 9.92. The molecule has 260 valence electrons. The second-order valence-corrected chi connectivity index (χ2v) is 14.5. The molecule has 0 amide bonds. The van der Waals surface area contributed by atoms with Crippen LogP contribution in [-0.2, 0) is 25.4 Å². The monoisotopic (exact) mass is 666 g/mol. The molecule has 9 heteroatoms. The number of aromatic nitrogens is 3. The average Bonchev–Trinajstić information content (AvgIpc) is 3.50. The lowest BCUT2D eigenvalue weighted by Gasteiger charge is -2.41. The lowest BCUT2D eigenvalue weighted by Crippen LogP contribution is -2.45. The first kappa shape index (κ1) is 34.6. The van der Waals surface area contributed by atoms with E-state index < -0.39 is 17.7 Å². The van der Waals surface area contributed by atoms with E-state index in [1.807, 2.05) is 38.3 Å². The van der Waals surface area contributed by atoms with Gasteiger partial charge in [-0.25, -0.2) is 9.78 Å². The average molecular weight is 667 g/mol. The van der Waals surface area contributed by atoms with E-state index in [2.05, 4.69) is 80.3 Å². The van der Waals surface area contributed by atoms with Crippen molar-refractivity contribution in [3.8, 4) is 28.1 Å². The number of ether oxygens (including phenoxy) is 4. The molecule has 2 atom stereocenters. The topological polar surface area (TPSA) is 87.4 Å². The molecule has 2 aromatic carbocycles. The van der Waals surface area contributed by atoms with E-state index in [0.717, 1.165) is 59.6 Å². The summed E-state index contributed by atoms with van der Waals surface area (Å²) in [5.41, 5.74) is 6.24. The van der Waals surface area contributed by atoms with Crippen LogP contribution in [0.3, 0.4) is 0 Å². The molecular formula is C40H50N4O5. The Morgan fingerprint density at radius 1 is 1.08 bits per heavy atom. The van der Waals surface area contributed by atoms with Crippen LogP contribution < -0.4 is 9.64 Å². The van der Waals surface area contributed by atoms with E-state index in [1.54, 1.807) is 0 Å². The summed E-state index contributed by atoms with van der Waals surface area (Å²) in [6.07, 6.45) is 6.57. The van der Waals surface area contributed by atoms with Crippen molar-refractivity contribution in [3.05, 3.63) is 77.5 Å². The summed E-state index contributed by atoms with van der Waals surface area (Å²) < 4.78 is 26.6. The molecule has 0 spiro atoms. The highest BCUT2D eigenvalue weighted by Crippen LogP contribution is 2.40. The number of nitrogens with zero attached hydrogens (tertiary/aromatic N) is 4. The first-order valence-electron chi connectivity index (χ1n) is 17.5. The summed E-state index contributed by atoms with van der Waals surface area (Å²) in [5, 5.41) is 5.19. The number of aryl methyl sites for hydroxylation is 2. The van der Waals surface area contributed by atoms with Crippen molar-refractivity contribution in [1.82, 2.24) is 14.6 Å². The van der Waals surface area contributed by atoms with E-state index in [0.29, 0.717) is 36.6 Å². The summed E-state index contributed by atoms with van der Waals surface area (Å²) in [5.74, 6) is 1.17. The number of hydrogen-bond donors (Lipinski definition) is 0. The summed E-state index contributed by atoms with van der Waals surface area (Å²) >= 11 is 0. The van der Waals surface area contributed by atoms with Crippen LogP contribution in [0.1, 0.15) is 83.7 Å². The molecule has 1 fully saturated rings. The van der Waals surface area contributed by atoms with Gasteiger partial charge in [-0.1, -0.05) is 43.3 Å². The fraction of sp³-hybridized carbons (Fsp3) is 0.475. The number of fused-ring (bicyclic) bond motifs is 7. The SMILES string of the molecule is CCc1ccc2c(c1)-c1cccc(c1)-c1cc3nc(C)c([C@H](OC(C)(C)C)C(=O)OC)c(n3n1)N1CCC(C)(CC1)OC/C=C/C[C@H](C)O2. The van der Waals surface area contributed by atoms with Gasteiger partial charge in [0.05, 0.1) is 42.3 Å². The number of esters is 1. The van der Waals surface area contributed by atoms with Gasteiger partial charge in [0.25, 0.3) is 0 Å². The summed E-state index contributed by atoms with van der Waals surface area (Å²) in [7, 11) is 1.39. The minimum absolute atomic E-state index is 0.00784. The predicted octanol–water partition coefficient (Wildman–Crippen LogP) is 8.07. The molecule has 1 saturated heterocycles. The first-order valence-corrected chi connectivity index (χ1v) is 17.5. The Kier molecular flexibility index (Phi) is 9.87. The van der Waals surface area contributed by atoms with Gasteiger partial charge in [-0.2, -0.15) is 9.61 Å². The van der Waals surface area contributed by atoms with Gasteiger partial charge in [0.15, 0.2) is 11.8 Å². The summed E-state index contributed by atoms with van der Waals surface area (Å²) in [6.45, 7) is 16.2. The van der Waals surface area contributed by atoms with E-state index in [1.165, 1.54) is 12.7 Å². The van der Waals surface area contributed by atoms with Crippen molar-refractivity contribution in [1.29, 1.82) is 0 Å². The molecule has 3 aliphatic heterocycles. The number of rotatable bonds is 4. The van der Waals surface area contributed by atoms with E-state index in [9.17, 15) is 4.79 Å².